The van der Waals surface area contributed by atoms with E-state index in [1.807, 2.05) is 0 Å². The van der Waals surface area contributed by atoms with E-state index in [0.29, 0.717) is 5.75 Å². The quantitative estimate of drug-likeness (QED) is 0.829. The fraction of sp³-hybridized carbons (Fsp3) is 0.538. The topological polar surface area (TPSA) is 29.5 Å². The molecule has 1 unspecified atom stereocenters. The highest BCUT2D eigenvalue weighted by atomic mass is 19.4. The van der Waals surface area contributed by atoms with Crippen LogP contribution in [0.25, 0.3) is 0 Å². The molecule has 1 rings (SSSR count). The van der Waals surface area contributed by atoms with E-state index in [1.54, 1.807) is 13.8 Å². The van der Waals surface area contributed by atoms with Crippen molar-refractivity contribution in [1.29, 1.82) is 0 Å². The largest absolute Gasteiger partial charge is 0.491 e. The summed E-state index contributed by atoms with van der Waals surface area (Å²) in [5.74, 6) is -4.49. The third-order valence-electron chi connectivity index (χ3n) is 2.50. The minimum atomic E-state index is -5.67. The van der Waals surface area contributed by atoms with Crippen molar-refractivity contribution in [2.24, 2.45) is 0 Å². The van der Waals surface area contributed by atoms with Crippen molar-refractivity contribution in [3.63, 3.8) is 0 Å². The molecule has 0 heterocycles. The van der Waals surface area contributed by atoms with E-state index in [1.165, 1.54) is 24.3 Å². The Bertz CT molecular complexity index is 425. The van der Waals surface area contributed by atoms with E-state index >= 15 is 0 Å². The SMILES string of the molecule is CC(C)Oc1ccc(C(O)CC(F)(F)C(F)(F)F)cc1. The lowest BCUT2D eigenvalue weighted by Gasteiger charge is -2.22. The molecule has 1 aromatic rings. The maximum Gasteiger partial charge on any atom is 0.453 e. The molecule has 0 spiro atoms. The van der Waals surface area contributed by atoms with Crippen LogP contribution in [-0.2, 0) is 0 Å². The maximum absolute atomic E-state index is 12.8. The number of hydrogen-bond acceptors (Lipinski definition) is 2. The molecule has 2 nitrogen and oxygen atoms in total. The Morgan fingerprint density at radius 1 is 1.05 bits per heavy atom. The number of rotatable bonds is 5. The maximum atomic E-state index is 12.8. The molecule has 0 fully saturated rings. The number of aliphatic hydroxyl groups excluding tert-OH is 1. The predicted octanol–water partition coefficient (Wildman–Crippen LogP) is 4.09. The van der Waals surface area contributed by atoms with Crippen LogP contribution in [0.3, 0.4) is 0 Å². The zero-order chi connectivity index (χ0) is 15.6. The highest BCUT2D eigenvalue weighted by Crippen LogP contribution is 2.41. The molecule has 0 bridgehead atoms. The first-order valence-corrected chi connectivity index (χ1v) is 5.92. The lowest BCUT2D eigenvalue weighted by molar-refractivity contribution is -0.290. The van der Waals surface area contributed by atoms with Crippen LogP contribution in [0, 0.1) is 0 Å². The second-order valence-corrected chi connectivity index (χ2v) is 4.66. The molecule has 0 aliphatic heterocycles. The summed E-state index contributed by atoms with van der Waals surface area (Å²) in [5, 5.41) is 9.47. The van der Waals surface area contributed by atoms with Gasteiger partial charge in [0.05, 0.1) is 18.6 Å². The number of benzene rings is 1. The van der Waals surface area contributed by atoms with Gasteiger partial charge in [-0.05, 0) is 31.5 Å². The fourth-order valence-electron chi connectivity index (χ4n) is 1.52. The van der Waals surface area contributed by atoms with Crippen molar-refractivity contribution in [3.05, 3.63) is 29.8 Å². The van der Waals surface area contributed by atoms with Gasteiger partial charge in [-0.1, -0.05) is 12.1 Å². The smallest absolute Gasteiger partial charge is 0.453 e. The van der Waals surface area contributed by atoms with Gasteiger partial charge in [-0.15, -0.1) is 0 Å². The molecule has 0 saturated heterocycles. The normalized spacial score (nSPS) is 14.4. The van der Waals surface area contributed by atoms with Crippen molar-refractivity contribution in [3.8, 4) is 5.75 Å². The Labute approximate surface area is 113 Å². The summed E-state index contributed by atoms with van der Waals surface area (Å²) in [7, 11) is 0. The van der Waals surface area contributed by atoms with Gasteiger partial charge in [-0.25, -0.2) is 0 Å². The average Bonchev–Trinajstić information content (AvgIpc) is 2.26. The molecule has 0 radical (unpaired) electrons. The number of aliphatic hydroxyl groups is 1. The summed E-state index contributed by atoms with van der Waals surface area (Å²) in [6.45, 7) is 3.57. The lowest BCUT2D eigenvalue weighted by Crippen LogP contribution is -2.37. The van der Waals surface area contributed by atoms with Gasteiger partial charge in [0.25, 0.3) is 0 Å². The average molecular weight is 298 g/mol. The number of halogens is 5. The molecule has 0 saturated carbocycles. The fourth-order valence-corrected chi connectivity index (χ4v) is 1.52. The standard InChI is InChI=1S/C13H15F5O2/c1-8(2)20-10-5-3-9(4-6-10)11(19)7-12(14,15)13(16,17)18/h3-6,8,11,19H,7H2,1-2H3. The molecule has 0 aliphatic rings. The predicted molar refractivity (Wildman–Crippen MR) is 62.8 cm³/mol. The van der Waals surface area contributed by atoms with Gasteiger partial charge < -0.3 is 9.84 Å². The Morgan fingerprint density at radius 3 is 1.95 bits per heavy atom. The Hall–Kier alpha value is -1.37. The molecule has 20 heavy (non-hydrogen) atoms. The van der Waals surface area contributed by atoms with Gasteiger partial charge in [-0.3, -0.25) is 0 Å². The van der Waals surface area contributed by atoms with Crippen LogP contribution in [-0.4, -0.2) is 23.3 Å². The highest BCUT2D eigenvalue weighted by molar-refractivity contribution is 5.28. The Kier molecular flexibility index (Phi) is 4.96. The van der Waals surface area contributed by atoms with Crippen LogP contribution in [0.5, 0.6) is 5.75 Å². The van der Waals surface area contributed by atoms with Gasteiger partial charge >= 0.3 is 12.1 Å². The highest BCUT2D eigenvalue weighted by Gasteiger charge is 2.58. The van der Waals surface area contributed by atoms with Crippen molar-refractivity contribution in [2.75, 3.05) is 0 Å². The van der Waals surface area contributed by atoms with E-state index in [0.717, 1.165) is 0 Å². The van der Waals surface area contributed by atoms with Crippen LogP contribution >= 0.6 is 0 Å². The van der Waals surface area contributed by atoms with Gasteiger partial charge in [0.1, 0.15) is 5.75 Å². The molecule has 1 atom stereocenters. The summed E-state index contributed by atoms with van der Waals surface area (Å²) in [5.41, 5.74) is -0.0231. The minimum Gasteiger partial charge on any atom is -0.491 e. The molecule has 7 heteroatoms. The van der Waals surface area contributed by atoms with Gasteiger partial charge in [-0.2, -0.15) is 22.0 Å². The summed E-state index contributed by atoms with van der Waals surface area (Å²) < 4.78 is 67.0. The van der Waals surface area contributed by atoms with Crippen LogP contribution in [0.4, 0.5) is 22.0 Å². The summed E-state index contributed by atoms with van der Waals surface area (Å²) in [6, 6.07) is 5.33. The van der Waals surface area contributed by atoms with Crippen LogP contribution < -0.4 is 4.74 Å². The third kappa shape index (κ3) is 4.33. The van der Waals surface area contributed by atoms with Crippen LogP contribution in [0.1, 0.15) is 31.9 Å². The van der Waals surface area contributed by atoms with Crippen molar-refractivity contribution >= 4 is 0 Å². The first kappa shape index (κ1) is 16.7. The molecule has 1 aromatic carbocycles. The van der Waals surface area contributed by atoms with Crippen molar-refractivity contribution in [1.82, 2.24) is 0 Å². The lowest BCUT2D eigenvalue weighted by atomic mass is 10.0. The van der Waals surface area contributed by atoms with Crippen LogP contribution in [0.15, 0.2) is 24.3 Å². The summed E-state index contributed by atoms with van der Waals surface area (Å²) in [6.07, 6.45) is -9.38. The second kappa shape index (κ2) is 5.95. The second-order valence-electron chi connectivity index (χ2n) is 4.66. The zero-order valence-corrected chi connectivity index (χ0v) is 10.9. The molecule has 114 valence electrons. The van der Waals surface area contributed by atoms with E-state index in [9.17, 15) is 27.1 Å². The van der Waals surface area contributed by atoms with E-state index < -0.39 is 24.6 Å². The molecular weight excluding hydrogens is 283 g/mol. The van der Waals surface area contributed by atoms with E-state index in [4.69, 9.17) is 4.74 Å². The molecule has 0 aromatic heterocycles. The number of alkyl halides is 5. The summed E-state index contributed by atoms with van der Waals surface area (Å²) >= 11 is 0. The Balaban J connectivity index is 2.76. The number of hydrogen-bond donors (Lipinski definition) is 1. The minimum absolute atomic E-state index is 0.0231. The zero-order valence-electron chi connectivity index (χ0n) is 10.9. The Morgan fingerprint density at radius 2 is 1.55 bits per heavy atom. The molecule has 0 aliphatic carbocycles. The first-order valence-electron chi connectivity index (χ1n) is 5.92. The first-order chi connectivity index (χ1) is 9.03. The van der Waals surface area contributed by atoms with Crippen molar-refractivity contribution < 1.29 is 31.8 Å². The molecule has 1 N–H and O–H groups in total. The molecular formula is C13H15F5O2. The van der Waals surface area contributed by atoms with Gasteiger partial charge in [0.15, 0.2) is 0 Å². The van der Waals surface area contributed by atoms with Crippen molar-refractivity contribution in [2.45, 2.75) is 44.6 Å². The number of ether oxygens (including phenoxy) is 1. The van der Waals surface area contributed by atoms with Crippen LogP contribution in [0.2, 0.25) is 0 Å². The van der Waals surface area contributed by atoms with Gasteiger partial charge in [0, 0.05) is 0 Å². The third-order valence-corrected chi connectivity index (χ3v) is 2.50. The van der Waals surface area contributed by atoms with E-state index in [-0.39, 0.29) is 11.7 Å². The van der Waals surface area contributed by atoms with Gasteiger partial charge in [0.2, 0.25) is 0 Å². The monoisotopic (exact) mass is 298 g/mol. The molecule has 0 amide bonds. The van der Waals surface area contributed by atoms with E-state index in [2.05, 4.69) is 0 Å². The summed E-state index contributed by atoms with van der Waals surface area (Å²) in [4.78, 5) is 0.